The highest BCUT2D eigenvalue weighted by molar-refractivity contribution is 7.14. The molecule has 0 bridgehead atoms. The molecular weight excluding hydrogens is 278 g/mol. The zero-order chi connectivity index (χ0) is 14.7. The lowest BCUT2D eigenvalue weighted by atomic mass is 10.1. The molecule has 1 aliphatic rings. The van der Waals surface area contributed by atoms with Crippen LogP contribution >= 0.6 is 11.3 Å². The largest absolute Gasteiger partial charge is 0.477 e. The van der Waals surface area contributed by atoms with E-state index in [0.29, 0.717) is 11.4 Å². The molecule has 0 fully saturated rings. The molecule has 0 saturated heterocycles. The number of hydrogen-bond donors (Lipinski definition) is 1. The van der Waals surface area contributed by atoms with Crippen LogP contribution in [0.4, 0.5) is 0 Å². The van der Waals surface area contributed by atoms with Crippen LogP contribution in [0.2, 0.25) is 0 Å². The molecule has 0 aliphatic carbocycles. The standard InChI is InChI=1S/C14H19NO4S/c1-3-9(2)19-13(16)8-15-5-4-11-10(7-15)6-12(20-11)14(17)18/h6,9H,3-5,7-8H2,1-2H3,(H,17,18). The molecule has 1 N–H and O–H groups in total. The molecule has 6 heteroatoms. The average molecular weight is 297 g/mol. The van der Waals surface area contributed by atoms with Gasteiger partial charge in [-0.3, -0.25) is 9.69 Å². The van der Waals surface area contributed by atoms with E-state index in [1.54, 1.807) is 6.07 Å². The maximum absolute atomic E-state index is 11.8. The Labute approximate surface area is 122 Å². The third kappa shape index (κ3) is 3.58. The van der Waals surface area contributed by atoms with Crippen molar-refractivity contribution >= 4 is 23.3 Å². The summed E-state index contributed by atoms with van der Waals surface area (Å²) in [4.78, 5) is 26.2. The highest BCUT2D eigenvalue weighted by atomic mass is 32.1. The fourth-order valence-electron chi connectivity index (χ4n) is 2.16. The van der Waals surface area contributed by atoms with E-state index >= 15 is 0 Å². The summed E-state index contributed by atoms with van der Waals surface area (Å²) in [5.74, 6) is -1.09. The van der Waals surface area contributed by atoms with Crippen LogP contribution in [0.1, 0.15) is 40.4 Å². The summed E-state index contributed by atoms with van der Waals surface area (Å²) in [6.45, 7) is 5.51. The number of hydrogen-bond acceptors (Lipinski definition) is 5. The molecule has 0 aromatic carbocycles. The fourth-order valence-corrected chi connectivity index (χ4v) is 3.16. The number of thiophene rings is 1. The van der Waals surface area contributed by atoms with Crippen molar-refractivity contribution < 1.29 is 19.4 Å². The van der Waals surface area contributed by atoms with Gasteiger partial charge < -0.3 is 9.84 Å². The number of esters is 1. The molecule has 110 valence electrons. The number of rotatable bonds is 5. The SMILES string of the molecule is CCC(C)OC(=O)CN1CCc2sc(C(=O)O)cc2C1. The van der Waals surface area contributed by atoms with Crippen molar-refractivity contribution in [1.29, 1.82) is 0 Å². The fraction of sp³-hybridized carbons (Fsp3) is 0.571. The first-order valence-electron chi connectivity index (χ1n) is 6.76. The molecule has 0 saturated carbocycles. The van der Waals surface area contributed by atoms with Crippen LogP contribution < -0.4 is 0 Å². The van der Waals surface area contributed by atoms with Gasteiger partial charge in [0.05, 0.1) is 12.6 Å². The summed E-state index contributed by atoms with van der Waals surface area (Å²) in [5, 5.41) is 8.99. The van der Waals surface area contributed by atoms with Crippen molar-refractivity contribution in [3.63, 3.8) is 0 Å². The van der Waals surface area contributed by atoms with E-state index in [1.807, 2.05) is 18.7 Å². The van der Waals surface area contributed by atoms with E-state index in [-0.39, 0.29) is 18.6 Å². The van der Waals surface area contributed by atoms with Crippen LogP contribution in [0.25, 0.3) is 0 Å². The van der Waals surface area contributed by atoms with Crippen molar-refractivity contribution in [1.82, 2.24) is 4.90 Å². The lowest BCUT2D eigenvalue weighted by Gasteiger charge is -2.26. The first kappa shape index (κ1) is 15.0. The van der Waals surface area contributed by atoms with Crippen molar-refractivity contribution in [2.45, 2.75) is 39.3 Å². The summed E-state index contributed by atoms with van der Waals surface area (Å²) >= 11 is 1.34. The molecule has 1 atom stereocenters. The Kier molecular flexibility index (Phi) is 4.77. The van der Waals surface area contributed by atoms with Crippen LogP contribution in [-0.4, -0.2) is 41.1 Å². The Morgan fingerprint density at radius 2 is 2.30 bits per heavy atom. The van der Waals surface area contributed by atoms with Crippen LogP contribution in [0.15, 0.2) is 6.07 Å². The summed E-state index contributed by atoms with van der Waals surface area (Å²) in [5.41, 5.74) is 1.02. The summed E-state index contributed by atoms with van der Waals surface area (Å²) < 4.78 is 5.26. The number of carbonyl (C=O) groups is 2. The second kappa shape index (κ2) is 6.37. The van der Waals surface area contributed by atoms with Crippen molar-refractivity contribution in [3.8, 4) is 0 Å². The Balaban J connectivity index is 1.94. The van der Waals surface area contributed by atoms with E-state index in [4.69, 9.17) is 9.84 Å². The molecule has 1 aromatic heterocycles. The number of fused-ring (bicyclic) bond motifs is 1. The molecule has 0 radical (unpaired) electrons. The lowest BCUT2D eigenvalue weighted by Crippen LogP contribution is -2.35. The molecule has 1 unspecified atom stereocenters. The van der Waals surface area contributed by atoms with Crippen molar-refractivity contribution in [2.24, 2.45) is 0 Å². The van der Waals surface area contributed by atoms with Gasteiger partial charge in [-0.1, -0.05) is 6.92 Å². The third-order valence-electron chi connectivity index (χ3n) is 3.42. The minimum Gasteiger partial charge on any atom is -0.477 e. The van der Waals surface area contributed by atoms with E-state index in [2.05, 4.69) is 0 Å². The molecule has 2 heterocycles. The predicted octanol–water partition coefficient (Wildman–Crippen LogP) is 2.15. The van der Waals surface area contributed by atoms with Gasteiger partial charge in [0, 0.05) is 18.0 Å². The van der Waals surface area contributed by atoms with Gasteiger partial charge in [-0.2, -0.15) is 0 Å². The molecule has 0 amide bonds. The Morgan fingerprint density at radius 3 is 2.95 bits per heavy atom. The van der Waals surface area contributed by atoms with Crippen LogP contribution in [0.3, 0.4) is 0 Å². The number of carboxylic acids is 1. The minimum atomic E-state index is -0.882. The number of carboxylic acid groups (broad SMARTS) is 1. The highest BCUT2D eigenvalue weighted by Gasteiger charge is 2.23. The quantitative estimate of drug-likeness (QED) is 0.843. The number of carbonyl (C=O) groups excluding carboxylic acids is 1. The number of nitrogens with zero attached hydrogens (tertiary/aromatic N) is 1. The van der Waals surface area contributed by atoms with Gasteiger partial charge in [0.25, 0.3) is 0 Å². The van der Waals surface area contributed by atoms with Crippen LogP contribution in [-0.2, 0) is 22.5 Å². The first-order chi connectivity index (χ1) is 9.49. The number of ether oxygens (including phenoxy) is 1. The van der Waals surface area contributed by atoms with E-state index < -0.39 is 5.97 Å². The molecule has 1 aromatic rings. The Hall–Kier alpha value is -1.40. The summed E-state index contributed by atoms with van der Waals surface area (Å²) in [6, 6.07) is 1.72. The molecule has 1 aliphatic heterocycles. The van der Waals surface area contributed by atoms with E-state index in [0.717, 1.165) is 29.8 Å². The molecule has 0 spiro atoms. The normalized spacial score (nSPS) is 16.5. The van der Waals surface area contributed by atoms with Gasteiger partial charge in [0.15, 0.2) is 0 Å². The van der Waals surface area contributed by atoms with Gasteiger partial charge in [-0.15, -0.1) is 11.3 Å². The number of aromatic carboxylic acids is 1. The zero-order valence-corrected chi connectivity index (χ0v) is 12.5. The Bertz CT molecular complexity index is 511. The second-order valence-corrected chi connectivity index (χ2v) is 6.17. The van der Waals surface area contributed by atoms with Gasteiger partial charge in [0.2, 0.25) is 0 Å². The van der Waals surface area contributed by atoms with Gasteiger partial charge in [-0.25, -0.2) is 4.79 Å². The highest BCUT2D eigenvalue weighted by Crippen LogP contribution is 2.28. The first-order valence-corrected chi connectivity index (χ1v) is 7.58. The lowest BCUT2D eigenvalue weighted by molar-refractivity contribution is -0.149. The maximum Gasteiger partial charge on any atom is 0.345 e. The Morgan fingerprint density at radius 1 is 1.55 bits per heavy atom. The van der Waals surface area contributed by atoms with E-state index in [9.17, 15) is 9.59 Å². The van der Waals surface area contributed by atoms with E-state index in [1.165, 1.54) is 11.3 Å². The predicted molar refractivity (Wildman–Crippen MR) is 76.1 cm³/mol. The van der Waals surface area contributed by atoms with Crippen LogP contribution in [0.5, 0.6) is 0 Å². The monoisotopic (exact) mass is 297 g/mol. The minimum absolute atomic E-state index is 0.0531. The maximum atomic E-state index is 11.8. The smallest absolute Gasteiger partial charge is 0.345 e. The molecule has 2 rings (SSSR count). The van der Waals surface area contributed by atoms with Gasteiger partial charge >= 0.3 is 11.9 Å². The molecule has 20 heavy (non-hydrogen) atoms. The van der Waals surface area contributed by atoms with Gasteiger partial charge in [0.1, 0.15) is 4.88 Å². The summed E-state index contributed by atoms with van der Waals surface area (Å²) in [7, 11) is 0. The zero-order valence-electron chi connectivity index (χ0n) is 11.7. The average Bonchev–Trinajstić information content (AvgIpc) is 2.81. The second-order valence-electron chi connectivity index (χ2n) is 5.03. The topological polar surface area (TPSA) is 66.8 Å². The molecular formula is C14H19NO4S. The van der Waals surface area contributed by atoms with Crippen LogP contribution in [0, 0.1) is 0 Å². The third-order valence-corrected chi connectivity index (χ3v) is 4.64. The van der Waals surface area contributed by atoms with Crippen molar-refractivity contribution in [2.75, 3.05) is 13.1 Å². The summed E-state index contributed by atoms with van der Waals surface area (Å²) in [6.07, 6.45) is 1.55. The van der Waals surface area contributed by atoms with Crippen molar-refractivity contribution in [3.05, 3.63) is 21.4 Å². The van der Waals surface area contributed by atoms with Gasteiger partial charge in [-0.05, 0) is 31.4 Å². The molecule has 5 nitrogen and oxygen atoms in total.